The number of rotatable bonds is 6. The average Bonchev–Trinajstić information content (AvgIpc) is 2.92. The molecule has 0 N–H and O–H groups in total. The van der Waals surface area contributed by atoms with E-state index >= 15 is 0 Å². The molecule has 0 spiro atoms. The second kappa shape index (κ2) is 7.31. The summed E-state index contributed by atoms with van der Waals surface area (Å²) in [5, 5.41) is 0. The molecule has 1 fully saturated rings. The van der Waals surface area contributed by atoms with Crippen molar-refractivity contribution >= 4 is 14.2 Å². The van der Waals surface area contributed by atoms with Crippen molar-refractivity contribution in [2.75, 3.05) is 6.16 Å². The van der Waals surface area contributed by atoms with Crippen molar-refractivity contribution in [2.24, 2.45) is 11.8 Å². The van der Waals surface area contributed by atoms with Crippen LogP contribution in [0.5, 0.6) is 0 Å². The van der Waals surface area contributed by atoms with Crippen LogP contribution in [0.4, 0.5) is 0 Å². The second-order valence-corrected chi connectivity index (χ2v) is 7.14. The van der Waals surface area contributed by atoms with E-state index < -0.39 is 0 Å². The van der Waals surface area contributed by atoms with Crippen molar-refractivity contribution < 1.29 is 9.36 Å². The average molecular weight is 304 g/mol. The van der Waals surface area contributed by atoms with Crippen LogP contribution in [-0.2, 0) is 4.57 Å². The molecule has 1 aliphatic rings. The van der Waals surface area contributed by atoms with Crippen LogP contribution in [0, 0.1) is 32.6 Å². The van der Waals surface area contributed by atoms with Gasteiger partial charge in [0, 0.05) is 17.6 Å². The van der Waals surface area contributed by atoms with E-state index in [1.54, 1.807) is 0 Å². The minimum Gasteiger partial charge on any atom is -0.294 e. The summed E-state index contributed by atoms with van der Waals surface area (Å²) in [6.45, 7) is 6.13. The molecule has 0 heterocycles. The standard InChI is InChI=1S/C18H25O2P/c1-12-10-13(2)17(14(3)11-12)18(19)16(8-9-21-20)15-6-4-5-7-15/h10-11,15-16H,4-9H2,1-3H3. The summed E-state index contributed by atoms with van der Waals surface area (Å²) in [6.07, 6.45) is 6.11. The molecular weight excluding hydrogens is 279 g/mol. The van der Waals surface area contributed by atoms with E-state index in [9.17, 15) is 9.36 Å². The third-order valence-corrected chi connectivity index (χ3v) is 5.20. The maximum atomic E-state index is 13.1. The summed E-state index contributed by atoms with van der Waals surface area (Å²) >= 11 is 0. The molecule has 3 heteroatoms. The minimum absolute atomic E-state index is 0.0501. The topological polar surface area (TPSA) is 34.1 Å². The Labute approximate surface area is 129 Å². The second-order valence-electron chi connectivity index (χ2n) is 6.43. The summed E-state index contributed by atoms with van der Waals surface area (Å²) < 4.78 is 10.8. The molecule has 1 atom stereocenters. The Morgan fingerprint density at radius 1 is 1.19 bits per heavy atom. The molecule has 1 aromatic rings. The van der Waals surface area contributed by atoms with Gasteiger partial charge < -0.3 is 0 Å². The molecule has 0 radical (unpaired) electrons. The summed E-state index contributed by atoms with van der Waals surface area (Å²) in [4.78, 5) is 13.1. The number of aryl methyl sites for hydroxylation is 3. The van der Waals surface area contributed by atoms with Gasteiger partial charge in [0.2, 0.25) is 0 Å². The van der Waals surface area contributed by atoms with E-state index in [-0.39, 0.29) is 20.2 Å². The van der Waals surface area contributed by atoms with E-state index in [0.29, 0.717) is 12.1 Å². The number of Topliss-reactive ketones (excluding diaryl/α,β-unsaturated/α-hetero) is 1. The van der Waals surface area contributed by atoms with Gasteiger partial charge in [-0.2, -0.15) is 0 Å². The van der Waals surface area contributed by atoms with E-state index in [1.165, 1.54) is 18.4 Å². The first-order chi connectivity index (χ1) is 10.0. The highest BCUT2D eigenvalue weighted by Gasteiger charge is 2.32. The summed E-state index contributed by atoms with van der Waals surface area (Å²) in [6, 6.07) is 4.19. The molecule has 21 heavy (non-hydrogen) atoms. The summed E-state index contributed by atoms with van der Waals surface area (Å²) in [7, 11) is 0.159. The Bertz CT molecular complexity index is 507. The quantitative estimate of drug-likeness (QED) is 0.529. The van der Waals surface area contributed by atoms with Gasteiger partial charge in [-0.3, -0.25) is 9.36 Å². The molecular formula is C18H25O2P. The zero-order valence-electron chi connectivity index (χ0n) is 13.3. The Balaban J connectivity index is 2.31. The number of benzene rings is 1. The molecule has 0 aliphatic heterocycles. The van der Waals surface area contributed by atoms with Crippen LogP contribution in [0.3, 0.4) is 0 Å². The van der Waals surface area contributed by atoms with Crippen molar-refractivity contribution in [3.8, 4) is 0 Å². The minimum atomic E-state index is 0.0501. The first-order valence-electron chi connectivity index (χ1n) is 7.95. The van der Waals surface area contributed by atoms with E-state index in [4.69, 9.17) is 0 Å². The van der Waals surface area contributed by atoms with Crippen molar-refractivity contribution in [2.45, 2.75) is 52.9 Å². The van der Waals surface area contributed by atoms with Gasteiger partial charge in [0.05, 0.1) is 0 Å². The van der Waals surface area contributed by atoms with Crippen molar-refractivity contribution in [3.63, 3.8) is 0 Å². The number of hydrogen-bond acceptors (Lipinski definition) is 2. The number of carbonyl (C=O) groups is 1. The first-order valence-corrected chi connectivity index (χ1v) is 8.95. The fourth-order valence-corrected chi connectivity index (χ4v) is 4.27. The van der Waals surface area contributed by atoms with Crippen LogP contribution in [0.15, 0.2) is 12.1 Å². The predicted octanol–water partition coefficient (Wildman–Crippen LogP) is 5.28. The van der Waals surface area contributed by atoms with Crippen molar-refractivity contribution in [1.82, 2.24) is 0 Å². The van der Waals surface area contributed by atoms with Crippen molar-refractivity contribution in [1.29, 1.82) is 0 Å². The fourth-order valence-electron chi connectivity index (χ4n) is 3.89. The zero-order valence-corrected chi connectivity index (χ0v) is 14.2. The van der Waals surface area contributed by atoms with Gasteiger partial charge in [-0.15, -0.1) is 0 Å². The Hall–Kier alpha value is -1.01. The molecule has 1 aliphatic carbocycles. The van der Waals surface area contributed by atoms with Crippen LogP contribution in [0.2, 0.25) is 0 Å². The van der Waals surface area contributed by atoms with Crippen LogP contribution < -0.4 is 0 Å². The number of carbonyl (C=O) groups excluding carboxylic acids is 1. The molecule has 114 valence electrons. The molecule has 1 aromatic carbocycles. The third kappa shape index (κ3) is 3.80. The molecule has 0 aromatic heterocycles. The molecule has 0 saturated heterocycles. The molecule has 2 nitrogen and oxygen atoms in total. The van der Waals surface area contributed by atoms with Crippen molar-refractivity contribution in [3.05, 3.63) is 34.4 Å². The van der Waals surface area contributed by atoms with Gasteiger partial charge in [0.1, 0.15) is 0 Å². The van der Waals surface area contributed by atoms with E-state index in [2.05, 4.69) is 19.1 Å². The lowest BCUT2D eigenvalue weighted by atomic mass is 9.80. The predicted molar refractivity (Wildman–Crippen MR) is 87.5 cm³/mol. The normalized spacial score (nSPS) is 17.3. The van der Waals surface area contributed by atoms with Crippen LogP contribution in [-0.4, -0.2) is 11.9 Å². The maximum Gasteiger partial charge on any atom is 0.166 e. The lowest BCUT2D eigenvalue weighted by Crippen LogP contribution is -2.24. The number of ketones is 1. The van der Waals surface area contributed by atoms with Crippen LogP contribution in [0.25, 0.3) is 0 Å². The Kier molecular flexibility index (Phi) is 5.70. The van der Waals surface area contributed by atoms with Crippen LogP contribution >= 0.6 is 8.46 Å². The monoisotopic (exact) mass is 304 g/mol. The lowest BCUT2D eigenvalue weighted by Gasteiger charge is -2.23. The highest BCUT2D eigenvalue weighted by Crippen LogP contribution is 2.36. The third-order valence-electron chi connectivity index (χ3n) is 4.76. The Morgan fingerprint density at radius 2 is 1.76 bits per heavy atom. The summed E-state index contributed by atoms with van der Waals surface area (Å²) in [5.41, 5.74) is 4.28. The largest absolute Gasteiger partial charge is 0.294 e. The van der Waals surface area contributed by atoms with Gasteiger partial charge in [-0.05, 0) is 57.1 Å². The molecule has 0 bridgehead atoms. The highest BCUT2D eigenvalue weighted by atomic mass is 31.1. The smallest absolute Gasteiger partial charge is 0.166 e. The van der Waals surface area contributed by atoms with E-state index in [1.807, 2.05) is 13.8 Å². The van der Waals surface area contributed by atoms with Gasteiger partial charge in [0.25, 0.3) is 0 Å². The zero-order chi connectivity index (χ0) is 15.4. The fraction of sp³-hybridized carbons (Fsp3) is 0.611. The molecule has 1 saturated carbocycles. The van der Waals surface area contributed by atoms with Crippen LogP contribution in [0.1, 0.15) is 59.2 Å². The SMILES string of the molecule is Cc1cc(C)c(C(=O)C(CCP=O)C2CCCC2)c(C)c1. The first kappa shape index (κ1) is 16.4. The van der Waals surface area contributed by atoms with Gasteiger partial charge in [0.15, 0.2) is 14.2 Å². The molecule has 0 amide bonds. The molecule has 1 unspecified atom stereocenters. The van der Waals surface area contributed by atoms with Gasteiger partial charge >= 0.3 is 0 Å². The lowest BCUT2D eigenvalue weighted by molar-refractivity contribution is 0.0868. The van der Waals surface area contributed by atoms with Gasteiger partial charge in [-0.25, -0.2) is 0 Å². The highest BCUT2D eigenvalue weighted by molar-refractivity contribution is 7.23. The summed E-state index contributed by atoms with van der Waals surface area (Å²) in [5.74, 6) is 0.814. The number of hydrogen-bond donors (Lipinski definition) is 0. The Morgan fingerprint density at radius 3 is 2.29 bits per heavy atom. The maximum absolute atomic E-state index is 13.1. The van der Waals surface area contributed by atoms with Gasteiger partial charge in [-0.1, -0.05) is 30.5 Å². The molecule has 2 rings (SSSR count). The van der Waals surface area contributed by atoms with E-state index in [0.717, 1.165) is 36.0 Å².